The Morgan fingerprint density at radius 1 is 0.545 bits per heavy atom. The first-order chi connectivity index (χ1) is 9.71. The molecular formula is C9H18BCl9Si3. The summed E-state index contributed by atoms with van der Waals surface area (Å²) in [4.78, 5) is 0. The van der Waals surface area contributed by atoms with Gasteiger partial charge in [0.1, 0.15) is 0 Å². The van der Waals surface area contributed by atoms with Crippen molar-refractivity contribution in [3.8, 4) is 0 Å². The van der Waals surface area contributed by atoms with Crippen molar-refractivity contribution >= 4 is 124 Å². The third-order valence-corrected chi connectivity index (χ3v) is 16.4. The molecule has 22 heavy (non-hydrogen) atoms. The van der Waals surface area contributed by atoms with E-state index in [1.165, 1.54) is 0 Å². The van der Waals surface area contributed by atoms with Gasteiger partial charge in [-0.15, -0.1) is 99.7 Å². The van der Waals surface area contributed by atoms with Crippen LogP contribution >= 0.6 is 99.7 Å². The lowest BCUT2D eigenvalue weighted by Crippen LogP contribution is -2.50. The van der Waals surface area contributed by atoms with Gasteiger partial charge in [0.15, 0.2) is 6.71 Å². The van der Waals surface area contributed by atoms with E-state index in [-0.39, 0.29) is 23.0 Å². The Bertz CT molecular complexity index is 288. The van der Waals surface area contributed by atoms with Crippen LogP contribution in [0.3, 0.4) is 0 Å². The molecule has 0 saturated carbocycles. The van der Waals surface area contributed by atoms with Crippen LogP contribution < -0.4 is 0 Å². The van der Waals surface area contributed by atoms with Crippen molar-refractivity contribution in [1.29, 1.82) is 0 Å². The van der Waals surface area contributed by atoms with Crippen molar-refractivity contribution in [2.75, 3.05) is 0 Å². The highest BCUT2D eigenvalue weighted by atomic mass is 35.9. The molecule has 0 aromatic heterocycles. The molecule has 0 N–H and O–H groups in total. The molecule has 0 radical (unpaired) electrons. The van der Waals surface area contributed by atoms with Gasteiger partial charge in [-0.1, -0.05) is 40.0 Å². The average Bonchev–Trinajstić information content (AvgIpc) is 2.25. The molecule has 0 spiro atoms. The molecule has 3 unspecified atom stereocenters. The number of hydrogen-bond donors (Lipinski definition) is 0. The van der Waals surface area contributed by atoms with Crippen LogP contribution in [0.15, 0.2) is 0 Å². The van der Waals surface area contributed by atoms with E-state index in [0.29, 0.717) is 19.3 Å². The lowest BCUT2D eigenvalue weighted by atomic mass is 9.40. The molecule has 3 atom stereocenters. The van der Waals surface area contributed by atoms with Crippen LogP contribution in [0.2, 0.25) is 16.3 Å². The summed E-state index contributed by atoms with van der Waals surface area (Å²) in [5, 5.41) is 0. The SMILES string of the molecule is CCC(B(C(CC)[Si](Cl)(Cl)Cl)C(CC)[Si](Cl)(Cl)Cl)[Si](Cl)(Cl)Cl. The van der Waals surface area contributed by atoms with E-state index in [4.69, 9.17) is 99.7 Å². The van der Waals surface area contributed by atoms with Crippen molar-refractivity contribution in [1.82, 2.24) is 0 Å². The first-order valence-electron chi connectivity index (χ1n) is 6.91. The highest BCUT2D eigenvalue weighted by Gasteiger charge is 2.58. The predicted octanol–water partition coefficient (Wildman–Crippen LogP) is 8.41. The maximum absolute atomic E-state index is 6.34. The van der Waals surface area contributed by atoms with Gasteiger partial charge >= 0.3 is 18.0 Å². The standard InChI is InChI=1S/C9H18BCl9Si3/c1-4-7(20(11,12)13)10(8(5-2)21(14,15)16)9(6-3)22(17,18)19/h7-9H,4-6H2,1-3H3. The van der Waals surface area contributed by atoms with Crippen LogP contribution in [0.1, 0.15) is 40.0 Å². The van der Waals surface area contributed by atoms with Crippen LogP contribution in [0.4, 0.5) is 0 Å². The van der Waals surface area contributed by atoms with E-state index in [1.54, 1.807) is 0 Å². The van der Waals surface area contributed by atoms with Gasteiger partial charge in [0.2, 0.25) is 0 Å². The summed E-state index contributed by atoms with van der Waals surface area (Å²) in [6.07, 6.45) is 1.97. The lowest BCUT2D eigenvalue weighted by molar-refractivity contribution is 0.869. The Morgan fingerprint density at radius 2 is 0.727 bits per heavy atom. The van der Waals surface area contributed by atoms with Gasteiger partial charge in [0, 0.05) is 0 Å². The molecular weight excluding hydrogens is 522 g/mol. The van der Waals surface area contributed by atoms with E-state index in [9.17, 15) is 0 Å². The van der Waals surface area contributed by atoms with Crippen LogP contribution in [-0.4, -0.2) is 24.7 Å². The van der Waals surface area contributed by atoms with Crippen LogP contribution in [0.25, 0.3) is 0 Å². The van der Waals surface area contributed by atoms with Gasteiger partial charge in [-0.25, -0.2) is 0 Å². The predicted molar refractivity (Wildman–Crippen MR) is 118 cm³/mol. The maximum atomic E-state index is 6.34. The van der Waals surface area contributed by atoms with Gasteiger partial charge in [-0.05, 0) is 16.3 Å². The molecule has 0 aliphatic carbocycles. The molecule has 0 nitrogen and oxygen atoms in total. The summed E-state index contributed by atoms with van der Waals surface area (Å²) in [7, 11) is 0. The molecule has 0 heterocycles. The fraction of sp³-hybridized carbons (Fsp3) is 1.00. The Morgan fingerprint density at radius 3 is 0.818 bits per heavy atom. The second-order valence-electron chi connectivity index (χ2n) is 5.25. The van der Waals surface area contributed by atoms with Gasteiger partial charge < -0.3 is 0 Å². The highest BCUT2D eigenvalue weighted by Crippen LogP contribution is 2.55. The summed E-state index contributed by atoms with van der Waals surface area (Å²) in [6, 6.07) is -9.17. The highest BCUT2D eigenvalue weighted by molar-refractivity contribution is 7.70. The molecule has 0 amide bonds. The molecule has 0 aliphatic rings. The van der Waals surface area contributed by atoms with Gasteiger partial charge in [0.25, 0.3) is 0 Å². The molecule has 0 rings (SSSR count). The minimum Gasteiger partial charge on any atom is -0.126 e. The topological polar surface area (TPSA) is 0 Å². The first kappa shape index (κ1) is 25.3. The summed E-state index contributed by atoms with van der Waals surface area (Å²) in [5.41, 5.74) is -0.629. The van der Waals surface area contributed by atoms with Crippen molar-refractivity contribution < 1.29 is 0 Å². The Balaban J connectivity index is 6.07. The molecule has 0 aliphatic heterocycles. The molecule has 0 aromatic rings. The second-order valence-corrected chi connectivity index (χ2v) is 32.0. The second kappa shape index (κ2) is 10.0. The van der Waals surface area contributed by atoms with E-state index < -0.39 is 18.0 Å². The third kappa shape index (κ3) is 7.52. The van der Waals surface area contributed by atoms with Gasteiger partial charge in [-0.3, -0.25) is 0 Å². The Hall–Kier alpha value is 3.33. The maximum Gasteiger partial charge on any atom is 0.337 e. The first-order valence-corrected chi connectivity index (χ1v) is 22.3. The molecule has 0 saturated heterocycles. The number of hydrogen-bond acceptors (Lipinski definition) is 0. The average molecular weight is 540 g/mol. The third-order valence-electron chi connectivity index (χ3n) is 3.97. The Labute approximate surface area is 179 Å². The summed E-state index contributed by atoms with van der Waals surface area (Å²) in [6.45, 7) is 5.70. The van der Waals surface area contributed by atoms with Gasteiger partial charge in [0.05, 0.1) is 0 Å². The van der Waals surface area contributed by atoms with E-state index in [2.05, 4.69) is 0 Å². The summed E-state index contributed by atoms with van der Waals surface area (Å²) in [5.74, 6) is 0. The zero-order valence-corrected chi connectivity index (χ0v) is 22.1. The van der Waals surface area contributed by atoms with Crippen molar-refractivity contribution in [2.45, 2.75) is 56.4 Å². The lowest BCUT2D eigenvalue weighted by Gasteiger charge is -2.41. The zero-order chi connectivity index (χ0) is 17.9. The van der Waals surface area contributed by atoms with Crippen LogP contribution in [0.5, 0.6) is 0 Å². The minimum absolute atomic E-state index is 0.197. The van der Waals surface area contributed by atoms with Crippen molar-refractivity contribution in [2.24, 2.45) is 0 Å². The summed E-state index contributed by atoms with van der Waals surface area (Å²) >= 11 is 57.0. The fourth-order valence-electron chi connectivity index (χ4n) is 3.01. The number of rotatable bonds is 9. The summed E-state index contributed by atoms with van der Waals surface area (Å²) < 4.78 is 0. The number of halogens is 9. The van der Waals surface area contributed by atoms with Crippen LogP contribution in [0, 0.1) is 0 Å². The van der Waals surface area contributed by atoms with E-state index in [0.717, 1.165) is 0 Å². The van der Waals surface area contributed by atoms with E-state index in [1.807, 2.05) is 20.8 Å². The molecule has 13 heteroatoms. The van der Waals surface area contributed by atoms with Crippen molar-refractivity contribution in [3.05, 3.63) is 0 Å². The largest absolute Gasteiger partial charge is 0.337 e. The minimum atomic E-state index is -3.06. The quantitative estimate of drug-likeness (QED) is 0.204. The molecule has 0 fully saturated rings. The van der Waals surface area contributed by atoms with Crippen molar-refractivity contribution in [3.63, 3.8) is 0 Å². The Kier molecular flexibility index (Phi) is 11.5. The molecule has 0 aromatic carbocycles. The van der Waals surface area contributed by atoms with E-state index >= 15 is 0 Å². The normalized spacial score (nSPS) is 18.0. The monoisotopic (exact) mass is 536 g/mol. The van der Waals surface area contributed by atoms with Crippen LogP contribution in [-0.2, 0) is 0 Å². The zero-order valence-electron chi connectivity index (χ0n) is 12.3. The fourth-order valence-corrected chi connectivity index (χ4v) is 15.8. The smallest absolute Gasteiger partial charge is 0.126 e. The molecule has 132 valence electrons. The van der Waals surface area contributed by atoms with Gasteiger partial charge in [-0.2, -0.15) is 0 Å². The molecule has 0 bridgehead atoms.